The third-order valence-electron chi connectivity index (χ3n) is 6.99. The minimum absolute atomic E-state index is 0.0575. The zero-order chi connectivity index (χ0) is 24.0. The number of halogens is 3. The number of hydrogen-bond acceptors (Lipinski definition) is 4. The highest BCUT2D eigenvalue weighted by Gasteiger charge is 2.36. The van der Waals surface area contributed by atoms with Gasteiger partial charge in [-0.3, -0.25) is 5.32 Å². The minimum atomic E-state index is -4.74. The van der Waals surface area contributed by atoms with Gasteiger partial charge in [-0.2, -0.15) is 0 Å². The van der Waals surface area contributed by atoms with E-state index in [1.165, 1.54) is 34.8 Å². The summed E-state index contributed by atoms with van der Waals surface area (Å²) in [6.45, 7) is 1.51. The molecular formula is C26H25F3N4O2. The maximum atomic E-state index is 12.7. The Morgan fingerprint density at radius 3 is 2.66 bits per heavy atom. The van der Waals surface area contributed by atoms with E-state index in [1.54, 1.807) is 12.3 Å². The average Bonchev–Trinajstić information content (AvgIpc) is 3.49. The Morgan fingerprint density at radius 1 is 1.00 bits per heavy atom. The van der Waals surface area contributed by atoms with Crippen LogP contribution in [-0.2, 0) is 11.2 Å². The molecule has 0 unspecified atom stereocenters. The molecule has 35 heavy (non-hydrogen) atoms. The summed E-state index contributed by atoms with van der Waals surface area (Å²) in [7, 11) is 0. The van der Waals surface area contributed by atoms with Crippen molar-refractivity contribution in [1.82, 2.24) is 20.3 Å². The van der Waals surface area contributed by atoms with E-state index in [0.717, 1.165) is 43.8 Å². The third kappa shape index (κ3) is 4.41. The van der Waals surface area contributed by atoms with Gasteiger partial charge in [-0.15, -0.1) is 13.2 Å². The van der Waals surface area contributed by atoms with Crippen LogP contribution >= 0.6 is 0 Å². The zero-order valence-corrected chi connectivity index (χ0v) is 18.9. The molecule has 182 valence electrons. The number of para-hydroxylation sites is 1. The lowest BCUT2D eigenvalue weighted by molar-refractivity contribution is -0.274. The zero-order valence-electron chi connectivity index (χ0n) is 18.9. The molecule has 4 aromatic rings. The normalized spacial score (nSPS) is 21.2. The van der Waals surface area contributed by atoms with Gasteiger partial charge in [-0.05, 0) is 48.9 Å². The summed E-state index contributed by atoms with van der Waals surface area (Å²) in [6, 6.07) is 14.3. The number of benzene rings is 2. The summed E-state index contributed by atoms with van der Waals surface area (Å²) in [5.74, 6) is 0.934. The van der Waals surface area contributed by atoms with E-state index >= 15 is 0 Å². The second-order valence-corrected chi connectivity index (χ2v) is 9.17. The fraction of sp³-hybridized carbons (Fsp3) is 0.346. The summed E-state index contributed by atoms with van der Waals surface area (Å²) in [4.78, 5) is 11.6. The number of aromatic nitrogens is 3. The molecule has 6 nitrogen and oxygen atoms in total. The fourth-order valence-electron chi connectivity index (χ4n) is 5.39. The Labute approximate surface area is 199 Å². The number of imidazole rings is 1. The van der Waals surface area contributed by atoms with Crippen molar-refractivity contribution in [2.24, 2.45) is 5.92 Å². The highest BCUT2D eigenvalue weighted by atomic mass is 19.4. The van der Waals surface area contributed by atoms with Gasteiger partial charge < -0.3 is 19.4 Å². The third-order valence-corrected chi connectivity index (χ3v) is 6.99. The number of hydrogen-bond donors (Lipinski definition) is 3. The van der Waals surface area contributed by atoms with Crippen LogP contribution in [0.25, 0.3) is 22.2 Å². The molecule has 2 aliphatic rings. The quantitative estimate of drug-likeness (QED) is 0.343. The molecule has 2 aromatic heterocycles. The first-order chi connectivity index (χ1) is 16.9. The van der Waals surface area contributed by atoms with E-state index in [0.29, 0.717) is 17.2 Å². The number of rotatable bonds is 4. The molecule has 2 aliphatic heterocycles. The molecule has 9 heteroatoms. The summed E-state index contributed by atoms with van der Waals surface area (Å²) >= 11 is 0. The van der Waals surface area contributed by atoms with Gasteiger partial charge in [0.15, 0.2) is 0 Å². The number of nitrogens with zero attached hydrogens (tertiary/aromatic N) is 1. The van der Waals surface area contributed by atoms with Crippen molar-refractivity contribution >= 4 is 10.9 Å². The van der Waals surface area contributed by atoms with Gasteiger partial charge in [0.25, 0.3) is 0 Å². The number of H-pyrrole nitrogens is 2. The molecule has 4 heterocycles. The standard InChI is InChI=1S/C26H25F3N4O2/c27-26(28,29)35-17-5-3-4-16(12-17)22-14-30-25(33-22)21-13-19-18-6-1-2-7-20(18)31-24(19)23(32-21)15-8-10-34-11-9-15/h1-7,12,14-15,21,23,31-32H,8-11,13H2,(H,30,33)/t21-,23-/m1/s1. The van der Waals surface area contributed by atoms with Crippen LogP contribution in [0.1, 0.15) is 42.0 Å². The van der Waals surface area contributed by atoms with Crippen LogP contribution in [0.4, 0.5) is 13.2 Å². The fourth-order valence-corrected chi connectivity index (χ4v) is 5.39. The van der Waals surface area contributed by atoms with Crippen molar-refractivity contribution in [2.45, 2.75) is 37.7 Å². The molecule has 2 aromatic carbocycles. The van der Waals surface area contributed by atoms with Crippen molar-refractivity contribution in [3.63, 3.8) is 0 Å². The highest BCUT2D eigenvalue weighted by Crippen LogP contribution is 2.41. The van der Waals surface area contributed by atoms with Crippen LogP contribution in [0.15, 0.2) is 54.7 Å². The van der Waals surface area contributed by atoms with Crippen LogP contribution in [-0.4, -0.2) is 34.5 Å². The maximum Gasteiger partial charge on any atom is 0.573 e. The van der Waals surface area contributed by atoms with Gasteiger partial charge in [-0.1, -0.05) is 30.3 Å². The highest BCUT2D eigenvalue weighted by molar-refractivity contribution is 5.85. The largest absolute Gasteiger partial charge is 0.573 e. The van der Waals surface area contributed by atoms with E-state index in [9.17, 15) is 13.2 Å². The summed E-state index contributed by atoms with van der Waals surface area (Å²) in [6.07, 6.45) is -0.357. The van der Waals surface area contributed by atoms with E-state index in [2.05, 4.69) is 43.2 Å². The first kappa shape index (κ1) is 22.2. The number of ether oxygens (including phenoxy) is 2. The summed E-state index contributed by atoms with van der Waals surface area (Å²) in [5, 5.41) is 5.03. The van der Waals surface area contributed by atoms with Crippen LogP contribution in [0.5, 0.6) is 5.75 Å². The number of alkyl halides is 3. The first-order valence-electron chi connectivity index (χ1n) is 11.8. The number of nitrogens with one attached hydrogen (secondary N) is 3. The van der Waals surface area contributed by atoms with Crippen molar-refractivity contribution in [3.8, 4) is 17.0 Å². The SMILES string of the molecule is FC(F)(F)Oc1cccc(-c2cnc([C@H]3Cc4c([nH]c5ccccc45)[C@@H](C4CCOCC4)N3)[nH]2)c1. The molecule has 2 atom stereocenters. The average molecular weight is 483 g/mol. The van der Waals surface area contributed by atoms with E-state index in [4.69, 9.17) is 4.74 Å². The molecule has 3 N–H and O–H groups in total. The maximum absolute atomic E-state index is 12.7. The molecule has 0 aliphatic carbocycles. The molecule has 0 bridgehead atoms. The smallest absolute Gasteiger partial charge is 0.406 e. The molecule has 0 amide bonds. The van der Waals surface area contributed by atoms with Crippen LogP contribution < -0.4 is 10.1 Å². The lowest BCUT2D eigenvalue weighted by Crippen LogP contribution is -2.39. The van der Waals surface area contributed by atoms with Crippen molar-refractivity contribution in [3.05, 3.63) is 71.8 Å². The lowest BCUT2D eigenvalue weighted by Gasteiger charge is -2.37. The topological polar surface area (TPSA) is 75.0 Å². The Morgan fingerprint density at radius 2 is 1.83 bits per heavy atom. The second kappa shape index (κ2) is 8.73. The molecule has 0 spiro atoms. The Kier molecular flexibility index (Phi) is 5.53. The van der Waals surface area contributed by atoms with Gasteiger partial charge >= 0.3 is 6.36 Å². The first-order valence-corrected chi connectivity index (χ1v) is 11.8. The van der Waals surface area contributed by atoms with E-state index < -0.39 is 6.36 Å². The summed E-state index contributed by atoms with van der Waals surface area (Å²) < 4.78 is 47.7. The predicted molar refractivity (Wildman–Crippen MR) is 125 cm³/mol. The van der Waals surface area contributed by atoms with Crippen LogP contribution in [0, 0.1) is 5.92 Å². The number of fused-ring (bicyclic) bond motifs is 3. The molecule has 0 saturated carbocycles. The van der Waals surface area contributed by atoms with Gasteiger partial charge in [0.05, 0.1) is 24.0 Å². The van der Waals surface area contributed by atoms with Crippen molar-refractivity contribution < 1.29 is 22.6 Å². The minimum Gasteiger partial charge on any atom is -0.406 e. The molecule has 0 radical (unpaired) electrons. The lowest BCUT2D eigenvalue weighted by atomic mass is 9.83. The Bertz CT molecular complexity index is 1340. The van der Waals surface area contributed by atoms with Crippen molar-refractivity contribution in [2.75, 3.05) is 13.2 Å². The van der Waals surface area contributed by atoms with Gasteiger partial charge in [0, 0.05) is 35.4 Å². The molecule has 1 fully saturated rings. The Balaban J connectivity index is 1.32. The Hall–Kier alpha value is -3.30. The van der Waals surface area contributed by atoms with Crippen LogP contribution in [0.2, 0.25) is 0 Å². The monoisotopic (exact) mass is 482 g/mol. The van der Waals surface area contributed by atoms with E-state index in [-0.39, 0.29) is 17.8 Å². The van der Waals surface area contributed by atoms with Gasteiger partial charge in [0.1, 0.15) is 11.6 Å². The second-order valence-electron chi connectivity index (χ2n) is 9.17. The number of aromatic amines is 2. The molecule has 1 saturated heterocycles. The van der Waals surface area contributed by atoms with Gasteiger partial charge in [0.2, 0.25) is 0 Å². The van der Waals surface area contributed by atoms with Gasteiger partial charge in [-0.25, -0.2) is 4.98 Å². The van der Waals surface area contributed by atoms with Crippen molar-refractivity contribution in [1.29, 1.82) is 0 Å². The summed E-state index contributed by atoms with van der Waals surface area (Å²) in [5.41, 5.74) is 4.87. The molecular weight excluding hydrogens is 457 g/mol. The van der Waals surface area contributed by atoms with Crippen LogP contribution in [0.3, 0.4) is 0 Å². The van der Waals surface area contributed by atoms with E-state index in [1.807, 2.05) is 6.07 Å². The molecule has 6 rings (SSSR count). The predicted octanol–water partition coefficient (Wildman–Crippen LogP) is 5.81.